The lowest BCUT2D eigenvalue weighted by Crippen LogP contribution is -2.09. The third-order valence-corrected chi connectivity index (χ3v) is 7.29. The van der Waals surface area contributed by atoms with Crippen molar-refractivity contribution in [2.75, 3.05) is 6.61 Å². The summed E-state index contributed by atoms with van der Waals surface area (Å²) in [7, 11) is 0. The van der Waals surface area contributed by atoms with Crippen LogP contribution in [0.25, 0.3) is 22.3 Å². The Hall–Kier alpha value is -3.85. The number of carbonyl (C=O) groups is 1. The van der Waals surface area contributed by atoms with Crippen LogP contribution in [0.4, 0.5) is 0 Å². The van der Waals surface area contributed by atoms with Crippen LogP contribution in [0.5, 0.6) is 5.75 Å². The number of hydrogen-bond donors (Lipinski definition) is 0. The van der Waals surface area contributed by atoms with Crippen molar-refractivity contribution in [2.24, 2.45) is 0 Å². The van der Waals surface area contributed by atoms with Crippen molar-refractivity contribution >= 4 is 5.97 Å². The summed E-state index contributed by atoms with van der Waals surface area (Å²) in [6, 6.07) is 27.5. The van der Waals surface area contributed by atoms with E-state index in [1.165, 1.54) is 44.5 Å². The Bertz CT molecular complexity index is 1410. The fourth-order valence-electron chi connectivity index (χ4n) is 5.49. The number of rotatable bonds is 7. The third-order valence-electron chi connectivity index (χ3n) is 7.29. The summed E-state index contributed by atoms with van der Waals surface area (Å²) in [5.74, 6) is 0.683. The second-order valence-electron chi connectivity index (χ2n) is 9.54. The van der Waals surface area contributed by atoms with Gasteiger partial charge in [0, 0.05) is 5.92 Å². The average Bonchev–Trinajstić information content (AvgIpc) is 3.17. The summed E-state index contributed by atoms with van der Waals surface area (Å²) in [5, 5.41) is 0. The van der Waals surface area contributed by atoms with Gasteiger partial charge in [-0.05, 0) is 95.5 Å². The van der Waals surface area contributed by atoms with E-state index >= 15 is 0 Å². The number of benzene rings is 4. The lowest BCUT2D eigenvalue weighted by atomic mass is 9.91. The van der Waals surface area contributed by atoms with Crippen LogP contribution in [-0.4, -0.2) is 12.6 Å². The van der Waals surface area contributed by atoms with Crippen LogP contribution in [-0.2, 0) is 16.1 Å². The molecule has 1 atom stereocenters. The molecule has 4 aromatic carbocycles. The van der Waals surface area contributed by atoms with Crippen LogP contribution in [0, 0.1) is 20.8 Å². The molecule has 0 radical (unpaired) electrons. The summed E-state index contributed by atoms with van der Waals surface area (Å²) >= 11 is 0. The molecule has 0 aliphatic heterocycles. The molecule has 1 unspecified atom stereocenters. The maximum absolute atomic E-state index is 12.3. The predicted molar refractivity (Wildman–Crippen MR) is 145 cm³/mol. The van der Waals surface area contributed by atoms with E-state index in [1.54, 1.807) is 0 Å². The van der Waals surface area contributed by atoms with E-state index in [2.05, 4.69) is 81.4 Å². The summed E-state index contributed by atoms with van der Waals surface area (Å²) in [5.41, 5.74) is 12.2. The van der Waals surface area contributed by atoms with Crippen LogP contribution >= 0.6 is 0 Å². The van der Waals surface area contributed by atoms with Gasteiger partial charge in [-0.3, -0.25) is 4.79 Å². The van der Waals surface area contributed by atoms with Gasteiger partial charge < -0.3 is 9.47 Å². The van der Waals surface area contributed by atoms with Crippen LogP contribution < -0.4 is 4.74 Å². The lowest BCUT2D eigenvalue weighted by molar-refractivity contribution is -0.143. The normalized spacial score (nSPS) is 13.7. The van der Waals surface area contributed by atoms with Gasteiger partial charge in [0.15, 0.2) is 0 Å². The molecule has 0 N–H and O–H groups in total. The highest BCUT2D eigenvalue weighted by Gasteiger charge is 2.30. The maximum atomic E-state index is 12.3. The zero-order valence-electron chi connectivity index (χ0n) is 21.4. The first-order chi connectivity index (χ1) is 17.5. The molecule has 36 heavy (non-hydrogen) atoms. The summed E-state index contributed by atoms with van der Waals surface area (Å²) in [6.45, 7) is 9.26. The Kier molecular flexibility index (Phi) is 6.65. The van der Waals surface area contributed by atoms with Gasteiger partial charge in [-0.1, -0.05) is 66.7 Å². The highest BCUT2D eigenvalue weighted by atomic mass is 16.5. The molecular weight excluding hydrogens is 444 g/mol. The molecule has 182 valence electrons. The van der Waals surface area contributed by atoms with Crippen LogP contribution in [0.3, 0.4) is 0 Å². The summed E-state index contributed by atoms with van der Waals surface area (Å²) < 4.78 is 11.6. The van der Waals surface area contributed by atoms with Crippen molar-refractivity contribution < 1.29 is 14.3 Å². The van der Waals surface area contributed by atoms with Crippen molar-refractivity contribution in [1.82, 2.24) is 0 Å². The molecule has 0 heterocycles. The predicted octanol–water partition coefficient (Wildman–Crippen LogP) is 7.92. The zero-order valence-corrected chi connectivity index (χ0v) is 21.4. The summed E-state index contributed by atoms with van der Waals surface area (Å²) in [6.07, 6.45) is 0.350. The molecule has 0 saturated carbocycles. The van der Waals surface area contributed by atoms with Gasteiger partial charge in [0.25, 0.3) is 0 Å². The standard InChI is InChI=1S/C33H32O3/c1-5-35-32(34)19-31-28-14-7-6-13-27(28)30-18-25(16-17-29(30)31)36-20-24-12-9-15-26(23(24)4)33-21(2)10-8-11-22(33)3/h6-18,31H,5,19-20H2,1-4H3. The maximum Gasteiger partial charge on any atom is 0.306 e. The quantitative estimate of drug-likeness (QED) is 0.254. The first-order valence-electron chi connectivity index (χ1n) is 12.6. The molecule has 0 saturated heterocycles. The van der Waals surface area contributed by atoms with E-state index in [4.69, 9.17) is 9.47 Å². The molecule has 1 aliphatic carbocycles. The Balaban J connectivity index is 1.41. The van der Waals surface area contributed by atoms with Crippen molar-refractivity contribution in [1.29, 1.82) is 0 Å². The van der Waals surface area contributed by atoms with E-state index in [0.717, 1.165) is 16.9 Å². The molecule has 5 rings (SSSR count). The Morgan fingerprint density at radius 3 is 2.25 bits per heavy atom. The highest BCUT2D eigenvalue weighted by Crippen LogP contribution is 2.47. The number of esters is 1. The van der Waals surface area contributed by atoms with Gasteiger partial charge >= 0.3 is 5.97 Å². The molecule has 0 bridgehead atoms. The molecule has 3 heteroatoms. The topological polar surface area (TPSA) is 35.5 Å². The smallest absolute Gasteiger partial charge is 0.306 e. The van der Waals surface area contributed by atoms with Gasteiger partial charge in [-0.25, -0.2) is 0 Å². The number of ether oxygens (including phenoxy) is 2. The fraction of sp³-hybridized carbons (Fsp3) is 0.242. The molecular formula is C33H32O3. The minimum atomic E-state index is -0.162. The monoisotopic (exact) mass is 476 g/mol. The van der Waals surface area contributed by atoms with Crippen LogP contribution in [0.15, 0.2) is 78.9 Å². The van der Waals surface area contributed by atoms with Gasteiger partial charge in [0.05, 0.1) is 13.0 Å². The van der Waals surface area contributed by atoms with Crippen LogP contribution in [0.2, 0.25) is 0 Å². The van der Waals surface area contributed by atoms with Gasteiger partial charge in [-0.15, -0.1) is 0 Å². The Labute approximate surface area is 213 Å². The van der Waals surface area contributed by atoms with E-state index in [0.29, 0.717) is 19.6 Å². The second kappa shape index (κ2) is 10.0. The van der Waals surface area contributed by atoms with Crippen LogP contribution in [0.1, 0.15) is 52.6 Å². The molecule has 1 aliphatic rings. The first kappa shape index (κ1) is 23.9. The van der Waals surface area contributed by atoms with E-state index < -0.39 is 0 Å². The zero-order chi connectivity index (χ0) is 25.2. The highest BCUT2D eigenvalue weighted by molar-refractivity contribution is 5.83. The first-order valence-corrected chi connectivity index (χ1v) is 12.6. The van der Waals surface area contributed by atoms with Gasteiger partial charge in [-0.2, -0.15) is 0 Å². The lowest BCUT2D eigenvalue weighted by Gasteiger charge is -2.17. The molecule has 0 spiro atoms. The van der Waals surface area contributed by atoms with Crippen molar-refractivity contribution in [2.45, 2.75) is 46.6 Å². The van der Waals surface area contributed by atoms with E-state index in [1.807, 2.05) is 25.1 Å². The molecule has 3 nitrogen and oxygen atoms in total. The number of fused-ring (bicyclic) bond motifs is 3. The molecule has 0 fully saturated rings. The number of hydrogen-bond acceptors (Lipinski definition) is 3. The minimum Gasteiger partial charge on any atom is -0.489 e. The van der Waals surface area contributed by atoms with Crippen molar-refractivity contribution in [3.8, 4) is 28.0 Å². The molecule has 0 amide bonds. The SMILES string of the molecule is CCOC(=O)CC1c2ccccc2-c2cc(OCc3cccc(-c4c(C)cccc4C)c3C)ccc21. The van der Waals surface area contributed by atoms with Crippen molar-refractivity contribution in [3.63, 3.8) is 0 Å². The van der Waals surface area contributed by atoms with Gasteiger partial charge in [0.2, 0.25) is 0 Å². The Morgan fingerprint density at radius 2 is 1.47 bits per heavy atom. The van der Waals surface area contributed by atoms with Gasteiger partial charge in [0.1, 0.15) is 12.4 Å². The third kappa shape index (κ3) is 4.42. The Morgan fingerprint density at radius 1 is 0.778 bits per heavy atom. The second-order valence-corrected chi connectivity index (χ2v) is 9.54. The fourth-order valence-corrected chi connectivity index (χ4v) is 5.49. The number of carbonyl (C=O) groups excluding carboxylic acids is 1. The minimum absolute atomic E-state index is 0.0144. The summed E-state index contributed by atoms with van der Waals surface area (Å²) in [4.78, 5) is 12.3. The average molecular weight is 477 g/mol. The van der Waals surface area contributed by atoms with E-state index in [9.17, 15) is 4.79 Å². The molecule has 0 aromatic heterocycles. The number of aryl methyl sites for hydroxylation is 2. The van der Waals surface area contributed by atoms with E-state index in [-0.39, 0.29) is 11.9 Å². The molecule has 4 aromatic rings. The van der Waals surface area contributed by atoms with Crippen molar-refractivity contribution in [3.05, 3.63) is 112 Å². The largest absolute Gasteiger partial charge is 0.489 e.